The van der Waals surface area contributed by atoms with Crippen molar-refractivity contribution in [1.82, 2.24) is 35.8 Å². The van der Waals surface area contributed by atoms with Crippen LogP contribution in [0.2, 0.25) is 0 Å². The predicted molar refractivity (Wildman–Crippen MR) is 175 cm³/mol. The van der Waals surface area contributed by atoms with Crippen LogP contribution in [0.25, 0.3) is 0 Å². The SMILES string of the molecule is CS(=O)(=O)c1ccc(CN2CCC3(CC2)CC(=O)N[C@H](Cc2cn(Cc4ccccc4)nn2)C(=O)NCCOCCOCC(=O)N3)cc1. The van der Waals surface area contributed by atoms with Gasteiger partial charge in [-0.1, -0.05) is 47.7 Å². The molecule has 0 aliphatic carbocycles. The molecular formula is C33H43N7O7S. The lowest BCUT2D eigenvalue weighted by atomic mass is 9.83. The van der Waals surface area contributed by atoms with E-state index in [1.54, 1.807) is 35.1 Å². The molecule has 1 aromatic heterocycles. The van der Waals surface area contributed by atoms with Crippen LogP contribution in [0.1, 0.15) is 36.1 Å². The second-order valence-corrected chi connectivity index (χ2v) is 14.4. The van der Waals surface area contributed by atoms with Crippen molar-refractivity contribution < 1.29 is 32.3 Å². The topological polar surface area (TPSA) is 174 Å². The van der Waals surface area contributed by atoms with Gasteiger partial charge in [0.15, 0.2) is 9.84 Å². The predicted octanol–water partition coefficient (Wildman–Crippen LogP) is 0.461. The average molecular weight is 682 g/mol. The molecule has 48 heavy (non-hydrogen) atoms. The summed E-state index contributed by atoms with van der Waals surface area (Å²) in [7, 11) is -3.28. The molecule has 3 heterocycles. The normalized spacial score (nSPS) is 20.5. The summed E-state index contributed by atoms with van der Waals surface area (Å²) in [5.74, 6) is -1.08. The van der Waals surface area contributed by atoms with Crippen LogP contribution in [-0.4, -0.2) is 110 Å². The van der Waals surface area contributed by atoms with E-state index in [9.17, 15) is 22.8 Å². The van der Waals surface area contributed by atoms with Crippen LogP contribution >= 0.6 is 0 Å². The highest BCUT2D eigenvalue weighted by Gasteiger charge is 2.39. The Morgan fingerprint density at radius 1 is 0.896 bits per heavy atom. The van der Waals surface area contributed by atoms with Crippen LogP contribution in [0.15, 0.2) is 65.7 Å². The summed E-state index contributed by atoms with van der Waals surface area (Å²) in [6, 6.07) is 15.7. The third-order valence-corrected chi connectivity index (χ3v) is 9.59. The van der Waals surface area contributed by atoms with Crippen molar-refractivity contribution >= 4 is 27.6 Å². The molecule has 2 aliphatic rings. The number of sulfone groups is 1. The van der Waals surface area contributed by atoms with Crippen molar-refractivity contribution in [1.29, 1.82) is 0 Å². The van der Waals surface area contributed by atoms with Crippen molar-refractivity contribution in [3.8, 4) is 0 Å². The number of ether oxygens (including phenoxy) is 2. The molecule has 3 amide bonds. The number of rotatable bonds is 7. The molecule has 3 N–H and O–H groups in total. The van der Waals surface area contributed by atoms with Crippen LogP contribution in [0.3, 0.4) is 0 Å². The fourth-order valence-corrected chi connectivity index (χ4v) is 6.55. The molecule has 2 aliphatic heterocycles. The van der Waals surface area contributed by atoms with Gasteiger partial charge in [0, 0.05) is 51.5 Å². The standard InChI is InChI=1S/C33H43N7O7S/c1-48(44,45)28-9-7-26(8-10-28)21-39-14-11-33(12-15-39)20-30(41)35-29(32(43)34-13-16-46-17-18-47-24-31(42)36-33)19-27-23-40(38-37-27)22-25-5-3-2-4-6-25/h2-10,23,29H,11-22,24H2,1H3,(H,34,43)(H,35,41)(H,36,42)/t29-/m1/s1. The first-order valence-electron chi connectivity index (χ1n) is 16.0. The van der Waals surface area contributed by atoms with Gasteiger partial charge in [0.1, 0.15) is 12.6 Å². The van der Waals surface area contributed by atoms with Crippen molar-refractivity contribution in [2.45, 2.75) is 55.2 Å². The van der Waals surface area contributed by atoms with E-state index in [4.69, 9.17) is 9.47 Å². The number of benzene rings is 2. The first-order valence-corrected chi connectivity index (χ1v) is 17.9. The average Bonchev–Trinajstić information content (AvgIpc) is 3.49. The number of nitrogens with zero attached hydrogens (tertiary/aromatic N) is 4. The maximum atomic E-state index is 13.6. The van der Waals surface area contributed by atoms with Crippen LogP contribution in [0, 0.1) is 0 Å². The summed E-state index contributed by atoms with van der Waals surface area (Å²) in [4.78, 5) is 42.4. The smallest absolute Gasteiger partial charge is 0.246 e. The molecule has 0 bridgehead atoms. The van der Waals surface area contributed by atoms with Crippen LogP contribution < -0.4 is 16.0 Å². The number of carbonyl (C=O) groups excluding carboxylic acids is 3. The van der Waals surface area contributed by atoms with Gasteiger partial charge >= 0.3 is 0 Å². The van der Waals surface area contributed by atoms with E-state index >= 15 is 0 Å². The van der Waals surface area contributed by atoms with E-state index in [0.29, 0.717) is 44.7 Å². The zero-order chi connectivity index (χ0) is 34.0. The summed E-state index contributed by atoms with van der Waals surface area (Å²) >= 11 is 0. The highest BCUT2D eigenvalue weighted by atomic mass is 32.2. The molecule has 15 heteroatoms. The quantitative estimate of drug-likeness (QED) is 0.318. The second-order valence-electron chi connectivity index (χ2n) is 12.4. The molecule has 3 aromatic rings. The Bertz CT molecular complexity index is 1640. The summed E-state index contributed by atoms with van der Waals surface area (Å²) in [6.07, 6.45) is 4.02. The number of piperidine rings is 1. The van der Waals surface area contributed by atoms with Crippen LogP contribution in [0.4, 0.5) is 0 Å². The number of aromatic nitrogens is 3. The van der Waals surface area contributed by atoms with Gasteiger partial charge < -0.3 is 25.4 Å². The zero-order valence-electron chi connectivity index (χ0n) is 27.1. The fourth-order valence-electron chi connectivity index (χ4n) is 5.92. The summed E-state index contributed by atoms with van der Waals surface area (Å²) in [5, 5.41) is 17.3. The Hall–Kier alpha value is -4.18. The van der Waals surface area contributed by atoms with Gasteiger partial charge in [-0.15, -0.1) is 5.10 Å². The molecule has 2 aromatic carbocycles. The molecule has 0 unspecified atom stereocenters. The minimum Gasteiger partial charge on any atom is -0.377 e. The minimum atomic E-state index is -3.28. The van der Waals surface area contributed by atoms with Crippen molar-refractivity contribution in [3.05, 3.63) is 77.6 Å². The van der Waals surface area contributed by atoms with Crippen molar-refractivity contribution in [2.75, 3.05) is 52.3 Å². The van der Waals surface area contributed by atoms with E-state index in [2.05, 4.69) is 31.2 Å². The third-order valence-electron chi connectivity index (χ3n) is 8.46. The first kappa shape index (κ1) is 35.1. The van der Waals surface area contributed by atoms with Crippen LogP contribution in [-0.2, 0) is 53.2 Å². The van der Waals surface area contributed by atoms with Gasteiger partial charge in [-0.05, 0) is 36.1 Å². The second kappa shape index (κ2) is 16.3. The molecule has 0 saturated carbocycles. The maximum Gasteiger partial charge on any atom is 0.246 e. The Labute approximate surface area is 280 Å². The number of carbonyl (C=O) groups is 3. The molecule has 1 spiro atoms. The van der Waals surface area contributed by atoms with Gasteiger partial charge in [-0.3, -0.25) is 19.3 Å². The number of likely N-dealkylation sites (tertiary alicyclic amines) is 1. The summed E-state index contributed by atoms with van der Waals surface area (Å²) < 4.78 is 36.4. The molecule has 14 nitrogen and oxygen atoms in total. The summed E-state index contributed by atoms with van der Waals surface area (Å²) in [5.41, 5.74) is 1.71. The van der Waals surface area contributed by atoms with E-state index in [1.807, 2.05) is 30.3 Å². The molecule has 1 atom stereocenters. The lowest BCUT2D eigenvalue weighted by molar-refractivity contribution is -0.133. The number of hydrogen-bond acceptors (Lipinski definition) is 10. The monoisotopic (exact) mass is 681 g/mol. The van der Waals surface area contributed by atoms with Gasteiger partial charge in [0.25, 0.3) is 0 Å². The van der Waals surface area contributed by atoms with Crippen LogP contribution in [0.5, 0.6) is 0 Å². The molecule has 2 saturated heterocycles. The third kappa shape index (κ3) is 10.4. The first-order chi connectivity index (χ1) is 23.1. The molecule has 258 valence electrons. The largest absolute Gasteiger partial charge is 0.377 e. The van der Waals surface area contributed by atoms with E-state index in [-0.39, 0.29) is 68.4 Å². The highest BCUT2D eigenvalue weighted by Crippen LogP contribution is 2.27. The van der Waals surface area contributed by atoms with E-state index in [1.165, 1.54) is 6.26 Å². The lowest BCUT2D eigenvalue weighted by Crippen LogP contribution is -2.59. The van der Waals surface area contributed by atoms with Gasteiger partial charge in [0.05, 0.1) is 42.5 Å². The van der Waals surface area contributed by atoms with E-state index in [0.717, 1.165) is 11.1 Å². The maximum absolute atomic E-state index is 13.6. The Morgan fingerprint density at radius 3 is 2.33 bits per heavy atom. The molecule has 5 rings (SSSR count). The minimum absolute atomic E-state index is 0.0246. The van der Waals surface area contributed by atoms with E-state index < -0.39 is 21.4 Å². The van der Waals surface area contributed by atoms with Gasteiger partial charge in [-0.2, -0.15) is 0 Å². The Balaban J connectivity index is 1.26. The number of nitrogens with one attached hydrogen (secondary N) is 3. The zero-order valence-corrected chi connectivity index (χ0v) is 27.9. The number of amides is 3. The van der Waals surface area contributed by atoms with Crippen molar-refractivity contribution in [2.24, 2.45) is 0 Å². The molecule has 2 fully saturated rings. The summed E-state index contributed by atoms with van der Waals surface area (Å²) in [6.45, 7) is 3.08. The Kier molecular flexibility index (Phi) is 11.9. The van der Waals surface area contributed by atoms with Gasteiger partial charge in [0.2, 0.25) is 17.7 Å². The lowest BCUT2D eigenvalue weighted by Gasteiger charge is -2.42. The Morgan fingerprint density at radius 2 is 1.60 bits per heavy atom. The molecule has 0 radical (unpaired) electrons. The number of hydrogen-bond donors (Lipinski definition) is 3. The van der Waals surface area contributed by atoms with Gasteiger partial charge in [-0.25, -0.2) is 13.1 Å². The highest BCUT2D eigenvalue weighted by molar-refractivity contribution is 7.90. The van der Waals surface area contributed by atoms with Crippen molar-refractivity contribution in [3.63, 3.8) is 0 Å². The fraction of sp³-hybridized carbons (Fsp3) is 0.485. The molecular weight excluding hydrogens is 638 g/mol.